The summed E-state index contributed by atoms with van der Waals surface area (Å²) in [4.78, 5) is 22.4. The number of nitro groups is 1. The summed E-state index contributed by atoms with van der Waals surface area (Å²) < 4.78 is 0. The number of amides is 1. The van der Waals surface area contributed by atoms with Crippen LogP contribution in [0.1, 0.15) is 32.8 Å². The minimum Gasteiger partial charge on any atom is -0.354 e. The molecule has 1 aromatic rings. The van der Waals surface area contributed by atoms with Crippen molar-refractivity contribution in [3.8, 4) is 0 Å². The Morgan fingerprint density at radius 1 is 1.18 bits per heavy atom. The van der Waals surface area contributed by atoms with Crippen LogP contribution in [0, 0.1) is 10.1 Å². The SMILES string of the molecule is CCCNCCNC(=O)C(C)(C)c1ccc([N+](=O)[O-])cc1.Cl. The smallest absolute Gasteiger partial charge is 0.269 e. The Kier molecular flexibility index (Phi) is 8.67. The molecule has 0 radical (unpaired) electrons. The van der Waals surface area contributed by atoms with Crippen molar-refractivity contribution in [1.29, 1.82) is 0 Å². The summed E-state index contributed by atoms with van der Waals surface area (Å²) in [6.45, 7) is 7.93. The first-order chi connectivity index (χ1) is 9.89. The van der Waals surface area contributed by atoms with Crippen LogP contribution in [0.15, 0.2) is 24.3 Å². The number of halogens is 1. The fraction of sp³-hybridized carbons (Fsp3) is 0.533. The Morgan fingerprint density at radius 3 is 2.27 bits per heavy atom. The number of rotatable bonds is 8. The molecular weight excluding hydrogens is 306 g/mol. The van der Waals surface area contributed by atoms with E-state index in [-0.39, 0.29) is 24.0 Å². The molecular formula is C15H24ClN3O3. The number of benzene rings is 1. The Balaban J connectivity index is 0.00000441. The average molecular weight is 330 g/mol. The molecule has 0 heterocycles. The van der Waals surface area contributed by atoms with E-state index >= 15 is 0 Å². The second-order valence-corrected chi connectivity index (χ2v) is 5.43. The summed E-state index contributed by atoms with van der Waals surface area (Å²) in [5.41, 5.74) is 0.0608. The quantitative estimate of drug-likeness (QED) is 0.436. The topological polar surface area (TPSA) is 84.3 Å². The molecule has 0 atom stereocenters. The molecule has 0 unspecified atom stereocenters. The lowest BCUT2D eigenvalue weighted by molar-refractivity contribution is -0.384. The zero-order valence-electron chi connectivity index (χ0n) is 13.2. The second kappa shape index (κ2) is 9.38. The van der Waals surface area contributed by atoms with E-state index in [9.17, 15) is 14.9 Å². The Bertz CT molecular complexity index is 489. The van der Waals surface area contributed by atoms with Gasteiger partial charge in [-0.1, -0.05) is 19.1 Å². The maximum atomic E-state index is 12.2. The van der Waals surface area contributed by atoms with Gasteiger partial charge in [-0.3, -0.25) is 14.9 Å². The van der Waals surface area contributed by atoms with E-state index in [1.807, 2.05) is 13.8 Å². The number of carbonyl (C=O) groups is 1. The average Bonchev–Trinajstić information content (AvgIpc) is 2.46. The van der Waals surface area contributed by atoms with Gasteiger partial charge < -0.3 is 10.6 Å². The van der Waals surface area contributed by atoms with E-state index in [1.54, 1.807) is 12.1 Å². The van der Waals surface area contributed by atoms with Crippen LogP contribution in [0.3, 0.4) is 0 Å². The summed E-state index contributed by atoms with van der Waals surface area (Å²) >= 11 is 0. The number of carbonyl (C=O) groups excluding carboxylic acids is 1. The van der Waals surface area contributed by atoms with Gasteiger partial charge in [-0.2, -0.15) is 0 Å². The van der Waals surface area contributed by atoms with Gasteiger partial charge in [0, 0.05) is 25.2 Å². The van der Waals surface area contributed by atoms with Crippen molar-refractivity contribution >= 4 is 24.0 Å². The van der Waals surface area contributed by atoms with E-state index in [1.165, 1.54) is 12.1 Å². The van der Waals surface area contributed by atoms with Crippen LogP contribution in [0.5, 0.6) is 0 Å². The van der Waals surface area contributed by atoms with Gasteiger partial charge in [0.2, 0.25) is 5.91 Å². The molecule has 22 heavy (non-hydrogen) atoms. The molecule has 0 bridgehead atoms. The van der Waals surface area contributed by atoms with Gasteiger partial charge in [-0.25, -0.2) is 0 Å². The number of nitrogens with zero attached hydrogens (tertiary/aromatic N) is 1. The van der Waals surface area contributed by atoms with Crippen LogP contribution in [0.25, 0.3) is 0 Å². The standard InChI is InChI=1S/C15H23N3O3.ClH/c1-4-9-16-10-11-17-14(19)15(2,3)12-5-7-13(8-6-12)18(20)21;/h5-8,16H,4,9-11H2,1-3H3,(H,17,19);1H. The highest BCUT2D eigenvalue weighted by atomic mass is 35.5. The maximum absolute atomic E-state index is 12.2. The third-order valence-corrected chi connectivity index (χ3v) is 3.38. The third kappa shape index (κ3) is 5.61. The van der Waals surface area contributed by atoms with Gasteiger partial charge in [0.15, 0.2) is 0 Å². The number of nitrogens with one attached hydrogen (secondary N) is 2. The molecule has 0 aliphatic rings. The molecule has 0 fully saturated rings. The number of non-ortho nitro benzene ring substituents is 1. The molecule has 0 saturated carbocycles. The van der Waals surface area contributed by atoms with Gasteiger partial charge in [-0.15, -0.1) is 12.4 Å². The molecule has 0 spiro atoms. The van der Waals surface area contributed by atoms with Crippen molar-refractivity contribution < 1.29 is 9.72 Å². The van der Waals surface area contributed by atoms with Gasteiger partial charge >= 0.3 is 0 Å². The van der Waals surface area contributed by atoms with Crippen molar-refractivity contribution in [2.45, 2.75) is 32.6 Å². The zero-order chi connectivity index (χ0) is 15.9. The van der Waals surface area contributed by atoms with Gasteiger partial charge in [0.25, 0.3) is 5.69 Å². The lowest BCUT2D eigenvalue weighted by Crippen LogP contribution is -2.42. The van der Waals surface area contributed by atoms with Gasteiger partial charge in [0.05, 0.1) is 10.3 Å². The fourth-order valence-electron chi connectivity index (χ4n) is 1.92. The zero-order valence-corrected chi connectivity index (χ0v) is 14.0. The van der Waals surface area contributed by atoms with Gasteiger partial charge in [0.1, 0.15) is 0 Å². The van der Waals surface area contributed by atoms with Crippen LogP contribution in [-0.2, 0) is 10.2 Å². The highest BCUT2D eigenvalue weighted by Gasteiger charge is 2.29. The van der Waals surface area contributed by atoms with Crippen LogP contribution >= 0.6 is 12.4 Å². The van der Waals surface area contributed by atoms with Crippen LogP contribution in [0.2, 0.25) is 0 Å². The van der Waals surface area contributed by atoms with Crippen LogP contribution in [0.4, 0.5) is 5.69 Å². The first-order valence-corrected chi connectivity index (χ1v) is 7.13. The normalized spacial score (nSPS) is 10.7. The van der Waals surface area contributed by atoms with Crippen LogP contribution in [-0.4, -0.2) is 30.5 Å². The summed E-state index contributed by atoms with van der Waals surface area (Å²) in [5.74, 6) is -0.0883. The van der Waals surface area contributed by atoms with Crippen molar-refractivity contribution in [2.24, 2.45) is 0 Å². The van der Waals surface area contributed by atoms with E-state index < -0.39 is 10.3 Å². The third-order valence-electron chi connectivity index (χ3n) is 3.38. The molecule has 124 valence electrons. The predicted octanol–water partition coefficient (Wildman–Crippen LogP) is 2.41. The van der Waals surface area contributed by atoms with E-state index in [0.29, 0.717) is 6.54 Å². The van der Waals surface area contributed by atoms with E-state index in [0.717, 1.165) is 25.1 Å². The van der Waals surface area contributed by atoms with Crippen LogP contribution < -0.4 is 10.6 Å². The summed E-state index contributed by atoms with van der Waals surface area (Å²) in [6, 6.07) is 6.11. The molecule has 0 aliphatic heterocycles. The first-order valence-electron chi connectivity index (χ1n) is 7.13. The highest BCUT2D eigenvalue weighted by Crippen LogP contribution is 2.25. The van der Waals surface area contributed by atoms with Crippen molar-refractivity contribution in [1.82, 2.24) is 10.6 Å². The molecule has 1 rings (SSSR count). The van der Waals surface area contributed by atoms with Gasteiger partial charge in [-0.05, 0) is 32.4 Å². The molecule has 0 saturated heterocycles. The monoisotopic (exact) mass is 329 g/mol. The number of hydrogen-bond acceptors (Lipinski definition) is 4. The number of nitro benzene ring substituents is 1. The Morgan fingerprint density at radius 2 is 1.77 bits per heavy atom. The second-order valence-electron chi connectivity index (χ2n) is 5.43. The molecule has 7 heteroatoms. The van der Waals surface area contributed by atoms with E-state index in [2.05, 4.69) is 17.6 Å². The maximum Gasteiger partial charge on any atom is 0.269 e. The minimum absolute atomic E-state index is 0. The minimum atomic E-state index is -0.722. The van der Waals surface area contributed by atoms with E-state index in [4.69, 9.17) is 0 Å². The summed E-state index contributed by atoms with van der Waals surface area (Å²) in [5, 5.41) is 16.7. The fourth-order valence-corrected chi connectivity index (χ4v) is 1.92. The Hall–Kier alpha value is -1.66. The lowest BCUT2D eigenvalue weighted by atomic mass is 9.83. The van der Waals surface area contributed by atoms with Crippen molar-refractivity contribution in [2.75, 3.05) is 19.6 Å². The van der Waals surface area contributed by atoms with Crippen molar-refractivity contribution in [3.05, 3.63) is 39.9 Å². The summed E-state index contributed by atoms with van der Waals surface area (Å²) in [6.07, 6.45) is 1.06. The molecule has 1 amide bonds. The first kappa shape index (κ1) is 20.3. The largest absolute Gasteiger partial charge is 0.354 e. The highest BCUT2D eigenvalue weighted by molar-refractivity contribution is 5.87. The van der Waals surface area contributed by atoms with Crippen molar-refractivity contribution in [3.63, 3.8) is 0 Å². The molecule has 0 aliphatic carbocycles. The predicted molar refractivity (Wildman–Crippen MR) is 89.5 cm³/mol. The summed E-state index contributed by atoms with van der Waals surface area (Å²) in [7, 11) is 0. The molecule has 2 N–H and O–H groups in total. The molecule has 1 aromatic carbocycles. The molecule has 6 nitrogen and oxygen atoms in total. The molecule has 0 aromatic heterocycles. The number of hydrogen-bond donors (Lipinski definition) is 2. The Labute approximate surface area is 137 Å². The lowest BCUT2D eigenvalue weighted by Gasteiger charge is -2.24.